The van der Waals surface area contributed by atoms with Crippen LogP contribution >= 0.6 is 36.4 Å². The molecule has 0 radical (unpaired) electrons. The lowest BCUT2D eigenvalue weighted by Crippen LogP contribution is -2.28. The molecule has 1 aromatic heterocycles. The van der Waals surface area contributed by atoms with E-state index in [1.54, 1.807) is 18.5 Å². The Labute approximate surface area is 113 Å². The van der Waals surface area contributed by atoms with Crippen LogP contribution in [0.15, 0.2) is 18.5 Å². The topological polar surface area (TPSA) is 34.1 Å². The van der Waals surface area contributed by atoms with Crippen LogP contribution in [0.2, 0.25) is 5.02 Å². The molecule has 2 heterocycles. The van der Waals surface area contributed by atoms with Crippen LogP contribution in [0.1, 0.15) is 12.8 Å². The molecule has 0 aliphatic carbocycles. The Balaban J connectivity index is 0.00000112. The van der Waals surface area contributed by atoms with Crippen molar-refractivity contribution in [3.8, 4) is 5.75 Å². The van der Waals surface area contributed by atoms with E-state index in [0.717, 1.165) is 12.3 Å². The normalized spacial score (nSPS) is 18.4. The molecule has 0 amide bonds. The molecule has 1 aromatic rings. The molecule has 1 aliphatic rings. The smallest absolute Gasteiger partial charge is 0.139 e. The summed E-state index contributed by atoms with van der Waals surface area (Å²) in [5, 5.41) is 3.98. The monoisotopic (exact) mass is 284 g/mol. The highest BCUT2D eigenvalue weighted by atomic mass is 35.5. The van der Waals surface area contributed by atoms with Crippen LogP contribution in [0.5, 0.6) is 5.75 Å². The first kappa shape index (κ1) is 15.8. The molecule has 0 saturated carbocycles. The fourth-order valence-electron chi connectivity index (χ4n) is 1.57. The Morgan fingerprint density at radius 3 is 2.88 bits per heavy atom. The van der Waals surface area contributed by atoms with Crippen molar-refractivity contribution >= 4 is 36.4 Å². The second-order valence-corrected chi connectivity index (χ2v) is 3.88. The second-order valence-electron chi connectivity index (χ2n) is 3.44. The SMILES string of the molecule is Cl.Cl.Clc1cncc(OC[C@H]2CCCN2)c1. The highest BCUT2D eigenvalue weighted by molar-refractivity contribution is 6.30. The van der Waals surface area contributed by atoms with E-state index in [1.165, 1.54) is 12.8 Å². The average Bonchev–Trinajstić information content (AvgIpc) is 2.67. The van der Waals surface area contributed by atoms with Gasteiger partial charge in [0, 0.05) is 18.3 Å². The lowest BCUT2D eigenvalue weighted by molar-refractivity contribution is 0.276. The molecule has 16 heavy (non-hydrogen) atoms. The van der Waals surface area contributed by atoms with E-state index in [1.807, 2.05) is 0 Å². The quantitative estimate of drug-likeness (QED) is 0.927. The minimum atomic E-state index is 0. The van der Waals surface area contributed by atoms with Crippen LogP contribution in [-0.4, -0.2) is 24.2 Å². The first-order valence-corrected chi connectivity index (χ1v) is 5.19. The van der Waals surface area contributed by atoms with Gasteiger partial charge in [-0.25, -0.2) is 0 Å². The van der Waals surface area contributed by atoms with Crippen molar-refractivity contribution in [2.45, 2.75) is 18.9 Å². The molecule has 2 rings (SSSR count). The summed E-state index contributed by atoms with van der Waals surface area (Å²) >= 11 is 5.78. The van der Waals surface area contributed by atoms with Gasteiger partial charge in [-0.15, -0.1) is 24.8 Å². The lowest BCUT2D eigenvalue weighted by atomic mass is 10.2. The number of ether oxygens (including phenoxy) is 1. The van der Waals surface area contributed by atoms with Crippen molar-refractivity contribution in [1.82, 2.24) is 10.3 Å². The maximum Gasteiger partial charge on any atom is 0.139 e. The molecule has 0 unspecified atom stereocenters. The molecule has 0 bridgehead atoms. The number of rotatable bonds is 3. The Hall–Kier alpha value is -0.220. The number of hydrogen-bond donors (Lipinski definition) is 1. The summed E-state index contributed by atoms with van der Waals surface area (Å²) in [5.74, 6) is 0.742. The van der Waals surface area contributed by atoms with Crippen LogP contribution in [0, 0.1) is 0 Å². The Kier molecular flexibility index (Phi) is 7.85. The molecule has 0 aromatic carbocycles. The van der Waals surface area contributed by atoms with Crippen LogP contribution in [0.25, 0.3) is 0 Å². The minimum Gasteiger partial charge on any atom is -0.490 e. The van der Waals surface area contributed by atoms with E-state index in [2.05, 4.69) is 10.3 Å². The zero-order valence-electron chi connectivity index (χ0n) is 8.69. The first-order chi connectivity index (χ1) is 6.84. The van der Waals surface area contributed by atoms with Gasteiger partial charge in [0.2, 0.25) is 0 Å². The number of nitrogens with zero attached hydrogens (tertiary/aromatic N) is 1. The molecular formula is C10H15Cl3N2O. The number of nitrogens with one attached hydrogen (secondary N) is 1. The van der Waals surface area contributed by atoms with Crippen LogP contribution in [-0.2, 0) is 0 Å². The molecule has 6 heteroatoms. The van der Waals surface area contributed by atoms with Crippen LogP contribution in [0.4, 0.5) is 0 Å². The maximum atomic E-state index is 5.78. The third-order valence-corrected chi connectivity index (χ3v) is 2.50. The summed E-state index contributed by atoms with van der Waals surface area (Å²) < 4.78 is 5.56. The molecule has 3 nitrogen and oxygen atoms in total. The maximum absolute atomic E-state index is 5.78. The third kappa shape index (κ3) is 4.74. The highest BCUT2D eigenvalue weighted by Crippen LogP contribution is 2.16. The van der Waals surface area contributed by atoms with Gasteiger partial charge in [0.05, 0.1) is 11.2 Å². The van der Waals surface area contributed by atoms with Crippen LogP contribution < -0.4 is 10.1 Å². The number of aromatic nitrogens is 1. The molecule has 1 aliphatic heterocycles. The second kappa shape index (κ2) is 7.96. The van der Waals surface area contributed by atoms with E-state index in [0.29, 0.717) is 17.7 Å². The van der Waals surface area contributed by atoms with Crippen molar-refractivity contribution in [3.05, 3.63) is 23.5 Å². The van der Waals surface area contributed by atoms with Crippen molar-refractivity contribution in [2.75, 3.05) is 13.2 Å². The van der Waals surface area contributed by atoms with E-state index < -0.39 is 0 Å². The molecule has 0 spiro atoms. The zero-order valence-corrected chi connectivity index (χ0v) is 11.1. The van der Waals surface area contributed by atoms with Gasteiger partial charge in [-0.05, 0) is 19.4 Å². The van der Waals surface area contributed by atoms with Gasteiger partial charge in [0.25, 0.3) is 0 Å². The summed E-state index contributed by atoms with van der Waals surface area (Å²) in [6, 6.07) is 2.26. The van der Waals surface area contributed by atoms with Gasteiger partial charge in [-0.3, -0.25) is 4.98 Å². The van der Waals surface area contributed by atoms with E-state index in [4.69, 9.17) is 16.3 Å². The van der Waals surface area contributed by atoms with Gasteiger partial charge < -0.3 is 10.1 Å². The largest absolute Gasteiger partial charge is 0.490 e. The lowest BCUT2D eigenvalue weighted by Gasteiger charge is -2.11. The van der Waals surface area contributed by atoms with E-state index >= 15 is 0 Å². The summed E-state index contributed by atoms with van der Waals surface area (Å²) in [5.41, 5.74) is 0. The van der Waals surface area contributed by atoms with Gasteiger partial charge in [0.15, 0.2) is 0 Å². The number of pyridine rings is 1. The molecular weight excluding hydrogens is 270 g/mol. The van der Waals surface area contributed by atoms with Gasteiger partial charge in [0.1, 0.15) is 12.4 Å². The van der Waals surface area contributed by atoms with Gasteiger partial charge >= 0.3 is 0 Å². The average molecular weight is 286 g/mol. The van der Waals surface area contributed by atoms with Crippen molar-refractivity contribution in [2.24, 2.45) is 0 Å². The van der Waals surface area contributed by atoms with Crippen LogP contribution in [0.3, 0.4) is 0 Å². The molecule has 92 valence electrons. The molecule has 1 atom stereocenters. The van der Waals surface area contributed by atoms with Crippen molar-refractivity contribution in [3.63, 3.8) is 0 Å². The molecule has 1 saturated heterocycles. The van der Waals surface area contributed by atoms with E-state index in [9.17, 15) is 0 Å². The predicted octanol–water partition coefficient (Wildman–Crippen LogP) is 2.71. The zero-order chi connectivity index (χ0) is 9.80. The van der Waals surface area contributed by atoms with Crippen molar-refractivity contribution < 1.29 is 4.74 Å². The highest BCUT2D eigenvalue weighted by Gasteiger charge is 2.14. The molecule has 1 N–H and O–H groups in total. The molecule has 1 fully saturated rings. The Morgan fingerprint density at radius 1 is 1.44 bits per heavy atom. The predicted molar refractivity (Wildman–Crippen MR) is 70.3 cm³/mol. The van der Waals surface area contributed by atoms with E-state index in [-0.39, 0.29) is 24.8 Å². The number of halogens is 3. The summed E-state index contributed by atoms with van der Waals surface area (Å²) in [6.07, 6.45) is 5.71. The Morgan fingerprint density at radius 2 is 2.25 bits per heavy atom. The Bertz CT molecular complexity index is 306. The summed E-state index contributed by atoms with van der Waals surface area (Å²) in [6.45, 7) is 1.80. The van der Waals surface area contributed by atoms with Gasteiger partial charge in [-0.1, -0.05) is 11.6 Å². The fourth-order valence-corrected chi connectivity index (χ4v) is 1.73. The standard InChI is InChI=1S/C10H13ClN2O.2ClH/c11-8-4-10(6-12-5-8)14-7-9-2-1-3-13-9;;/h4-6,9,13H,1-3,7H2;2*1H/t9-;;/m1../s1. The first-order valence-electron chi connectivity index (χ1n) is 4.81. The van der Waals surface area contributed by atoms with Gasteiger partial charge in [-0.2, -0.15) is 0 Å². The summed E-state index contributed by atoms with van der Waals surface area (Å²) in [4.78, 5) is 3.95. The fraction of sp³-hybridized carbons (Fsp3) is 0.500. The minimum absolute atomic E-state index is 0. The third-order valence-electron chi connectivity index (χ3n) is 2.29. The van der Waals surface area contributed by atoms with Crippen molar-refractivity contribution in [1.29, 1.82) is 0 Å². The number of hydrogen-bond acceptors (Lipinski definition) is 3. The summed E-state index contributed by atoms with van der Waals surface area (Å²) in [7, 11) is 0.